The van der Waals surface area contributed by atoms with Crippen molar-refractivity contribution in [3.63, 3.8) is 0 Å². The molecule has 3 rings (SSSR count). The zero-order valence-corrected chi connectivity index (χ0v) is 11.9. The number of nitrogens with zero attached hydrogens (tertiary/aromatic N) is 1. The molecular formula is C16H14N2O4. The molecule has 0 fully saturated rings. The predicted molar refractivity (Wildman–Crippen MR) is 80.4 cm³/mol. The first kappa shape index (κ1) is 13.9. The Kier molecular flexibility index (Phi) is 3.65. The molecule has 3 aromatic rings. The first-order chi connectivity index (χ1) is 10.7. The number of benzene rings is 2. The molecule has 0 aliphatic heterocycles. The molecule has 22 heavy (non-hydrogen) atoms. The van der Waals surface area contributed by atoms with Crippen molar-refractivity contribution in [3.05, 3.63) is 53.9 Å². The van der Waals surface area contributed by atoms with Crippen LogP contribution in [-0.4, -0.2) is 28.2 Å². The van der Waals surface area contributed by atoms with Crippen molar-refractivity contribution in [2.24, 2.45) is 0 Å². The fourth-order valence-corrected chi connectivity index (χ4v) is 2.15. The summed E-state index contributed by atoms with van der Waals surface area (Å²) in [6.07, 6.45) is 0. The minimum atomic E-state index is -0.969. The van der Waals surface area contributed by atoms with E-state index in [9.17, 15) is 4.79 Å². The number of carboxylic acid groups (broad SMARTS) is 1. The highest BCUT2D eigenvalue weighted by Gasteiger charge is 2.09. The van der Waals surface area contributed by atoms with Crippen LogP contribution in [0.15, 0.2) is 42.5 Å². The molecule has 0 saturated heterocycles. The summed E-state index contributed by atoms with van der Waals surface area (Å²) in [4.78, 5) is 18.4. The summed E-state index contributed by atoms with van der Waals surface area (Å²) in [5.74, 6) is 0.912. The van der Waals surface area contributed by atoms with Gasteiger partial charge in [-0.3, -0.25) is 0 Å². The van der Waals surface area contributed by atoms with Crippen LogP contribution in [0.25, 0.3) is 11.0 Å². The van der Waals surface area contributed by atoms with Gasteiger partial charge in [-0.05, 0) is 30.3 Å². The lowest BCUT2D eigenvalue weighted by Crippen LogP contribution is -1.99. The molecule has 0 aliphatic carbocycles. The standard InChI is InChI=1S/C16H14N2O4/c1-21-13-4-2-3-5-14(13)22-9-15-17-11-7-6-10(16(19)20)8-12(11)18-15/h2-8H,9H2,1H3,(H,17,18)(H,19,20). The lowest BCUT2D eigenvalue weighted by atomic mass is 10.2. The fraction of sp³-hybridized carbons (Fsp3) is 0.125. The first-order valence-corrected chi connectivity index (χ1v) is 6.65. The predicted octanol–water partition coefficient (Wildman–Crippen LogP) is 2.85. The molecule has 6 nitrogen and oxygen atoms in total. The first-order valence-electron chi connectivity index (χ1n) is 6.65. The van der Waals surface area contributed by atoms with Crippen molar-refractivity contribution < 1.29 is 19.4 Å². The topological polar surface area (TPSA) is 84.4 Å². The van der Waals surface area contributed by atoms with Crippen LogP contribution in [0.1, 0.15) is 16.2 Å². The van der Waals surface area contributed by atoms with Crippen molar-refractivity contribution >= 4 is 17.0 Å². The lowest BCUT2D eigenvalue weighted by molar-refractivity contribution is 0.0697. The van der Waals surface area contributed by atoms with E-state index in [1.807, 2.05) is 24.3 Å². The fourth-order valence-electron chi connectivity index (χ4n) is 2.15. The number of aromatic amines is 1. The Morgan fingerprint density at radius 1 is 1.23 bits per heavy atom. The van der Waals surface area contributed by atoms with Crippen LogP contribution in [0, 0.1) is 0 Å². The summed E-state index contributed by atoms with van der Waals surface area (Å²) in [7, 11) is 1.58. The van der Waals surface area contributed by atoms with Crippen molar-refractivity contribution in [1.82, 2.24) is 9.97 Å². The van der Waals surface area contributed by atoms with Gasteiger partial charge in [0, 0.05) is 0 Å². The monoisotopic (exact) mass is 298 g/mol. The number of rotatable bonds is 5. The summed E-state index contributed by atoms with van der Waals surface area (Å²) < 4.78 is 10.9. The molecule has 0 radical (unpaired) electrons. The van der Waals surface area contributed by atoms with E-state index < -0.39 is 5.97 Å². The van der Waals surface area contributed by atoms with E-state index in [0.29, 0.717) is 28.4 Å². The van der Waals surface area contributed by atoms with Crippen LogP contribution in [0.3, 0.4) is 0 Å². The van der Waals surface area contributed by atoms with Crippen LogP contribution in [-0.2, 0) is 6.61 Å². The van der Waals surface area contributed by atoms with Crippen LogP contribution in [0.4, 0.5) is 0 Å². The molecule has 6 heteroatoms. The maximum absolute atomic E-state index is 11.0. The Hall–Kier alpha value is -3.02. The Morgan fingerprint density at radius 3 is 2.73 bits per heavy atom. The molecule has 0 spiro atoms. The Bertz CT molecular complexity index is 826. The van der Waals surface area contributed by atoms with Gasteiger partial charge in [0.2, 0.25) is 0 Å². The number of fused-ring (bicyclic) bond motifs is 1. The number of methoxy groups -OCH3 is 1. The number of nitrogens with one attached hydrogen (secondary N) is 1. The van der Waals surface area contributed by atoms with Gasteiger partial charge in [0.15, 0.2) is 11.5 Å². The highest BCUT2D eigenvalue weighted by molar-refractivity contribution is 5.92. The number of hydrogen-bond donors (Lipinski definition) is 2. The van der Waals surface area contributed by atoms with E-state index in [0.717, 1.165) is 0 Å². The van der Waals surface area contributed by atoms with Crippen LogP contribution in [0.2, 0.25) is 0 Å². The van der Waals surface area contributed by atoms with Crippen molar-refractivity contribution in [2.75, 3.05) is 7.11 Å². The zero-order chi connectivity index (χ0) is 15.5. The van der Waals surface area contributed by atoms with Gasteiger partial charge < -0.3 is 19.6 Å². The normalized spacial score (nSPS) is 10.6. The molecule has 0 atom stereocenters. The van der Waals surface area contributed by atoms with E-state index >= 15 is 0 Å². The van der Waals surface area contributed by atoms with Gasteiger partial charge in [-0.2, -0.15) is 0 Å². The van der Waals surface area contributed by atoms with Crippen LogP contribution >= 0.6 is 0 Å². The molecule has 2 aromatic carbocycles. The second kappa shape index (κ2) is 5.77. The molecule has 0 bridgehead atoms. The summed E-state index contributed by atoms with van der Waals surface area (Å²) in [6, 6.07) is 12.1. The molecular weight excluding hydrogens is 284 g/mol. The third-order valence-corrected chi connectivity index (χ3v) is 3.21. The highest BCUT2D eigenvalue weighted by Crippen LogP contribution is 2.26. The van der Waals surface area contributed by atoms with Crippen LogP contribution < -0.4 is 9.47 Å². The number of ether oxygens (including phenoxy) is 2. The second-order valence-corrected chi connectivity index (χ2v) is 4.66. The molecule has 1 heterocycles. The van der Waals surface area contributed by atoms with Gasteiger partial charge >= 0.3 is 5.97 Å². The SMILES string of the molecule is COc1ccccc1OCc1nc2ccc(C(=O)O)cc2[nH]1. The minimum absolute atomic E-state index is 0.216. The molecule has 2 N–H and O–H groups in total. The number of aromatic nitrogens is 2. The van der Waals surface area contributed by atoms with E-state index in [-0.39, 0.29) is 12.2 Å². The van der Waals surface area contributed by atoms with Gasteiger partial charge in [0.1, 0.15) is 12.4 Å². The van der Waals surface area contributed by atoms with Gasteiger partial charge in [-0.1, -0.05) is 12.1 Å². The Balaban J connectivity index is 1.81. The number of imidazole rings is 1. The zero-order valence-electron chi connectivity index (χ0n) is 11.9. The van der Waals surface area contributed by atoms with Crippen molar-refractivity contribution in [1.29, 1.82) is 0 Å². The van der Waals surface area contributed by atoms with Crippen LogP contribution in [0.5, 0.6) is 11.5 Å². The van der Waals surface area contributed by atoms with Gasteiger partial charge in [0.05, 0.1) is 23.7 Å². The average molecular weight is 298 g/mol. The Labute approximate surface area is 126 Å². The summed E-state index contributed by atoms with van der Waals surface area (Å²) in [5, 5.41) is 8.99. The maximum atomic E-state index is 11.0. The number of hydrogen-bond acceptors (Lipinski definition) is 4. The summed E-state index contributed by atoms with van der Waals surface area (Å²) in [6.45, 7) is 0.234. The second-order valence-electron chi connectivity index (χ2n) is 4.66. The Morgan fingerprint density at radius 2 is 2.00 bits per heavy atom. The van der Waals surface area contributed by atoms with E-state index in [4.69, 9.17) is 14.6 Å². The molecule has 0 aliphatic rings. The van der Waals surface area contributed by atoms with E-state index in [1.165, 1.54) is 6.07 Å². The van der Waals surface area contributed by atoms with Gasteiger partial charge in [-0.15, -0.1) is 0 Å². The number of carbonyl (C=O) groups is 1. The maximum Gasteiger partial charge on any atom is 0.335 e. The van der Waals surface area contributed by atoms with Crippen molar-refractivity contribution in [2.45, 2.75) is 6.61 Å². The van der Waals surface area contributed by atoms with Crippen molar-refractivity contribution in [3.8, 4) is 11.5 Å². The molecule has 112 valence electrons. The molecule has 0 saturated carbocycles. The van der Waals surface area contributed by atoms with E-state index in [2.05, 4.69) is 9.97 Å². The van der Waals surface area contributed by atoms with E-state index in [1.54, 1.807) is 19.2 Å². The third kappa shape index (κ3) is 2.71. The average Bonchev–Trinajstić information content (AvgIpc) is 2.95. The summed E-state index contributed by atoms with van der Waals surface area (Å²) in [5.41, 5.74) is 1.58. The third-order valence-electron chi connectivity index (χ3n) is 3.21. The lowest BCUT2D eigenvalue weighted by Gasteiger charge is -2.08. The van der Waals surface area contributed by atoms with Gasteiger partial charge in [0.25, 0.3) is 0 Å². The minimum Gasteiger partial charge on any atom is -0.493 e. The molecule has 1 aromatic heterocycles. The molecule has 0 unspecified atom stereocenters. The smallest absolute Gasteiger partial charge is 0.335 e. The number of aromatic carboxylic acids is 1. The number of para-hydroxylation sites is 2. The summed E-state index contributed by atoms with van der Waals surface area (Å²) >= 11 is 0. The largest absolute Gasteiger partial charge is 0.493 e. The quantitative estimate of drug-likeness (QED) is 0.756. The highest BCUT2D eigenvalue weighted by atomic mass is 16.5. The number of carboxylic acids is 1. The molecule has 0 amide bonds. The van der Waals surface area contributed by atoms with Gasteiger partial charge in [-0.25, -0.2) is 9.78 Å². The number of H-pyrrole nitrogens is 1.